The second-order valence-corrected chi connectivity index (χ2v) is 9.11. The van der Waals surface area contributed by atoms with Crippen LogP contribution in [0.25, 0.3) is 10.1 Å². The van der Waals surface area contributed by atoms with Crippen molar-refractivity contribution in [2.24, 2.45) is 5.92 Å². The number of esters is 1. The molecule has 0 aliphatic carbocycles. The molecule has 2 aliphatic heterocycles. The van der Waals surface area contributed by atoms with Gasteiger partial charge in [0, 0.05) is 32.4 Å². The van der Waals surface area contributed by atoms with E-state index < -0.39 is 0 Å². The van der Waals surface area contributed by atoms with E-state index in [9.17, 15) is 9.59 Å². The Balaban J connectivity index is 1.87. The molecule has 0 spiro atoms. The largest absolute Gasteiger partial charge is 0.426 e. The minimum atomic E-state index is -0.325. The molecule has 0 amide bonds. The summed E-state index contributed by atoms with van der Waals surface area (Å²) in [6.45, 7) is 2.05. The van der Waals surface area contributed by atoms with Gasteiger partial charge in [-0.3, -0.25) is 9.59 Å². The summed E-state index contributed by atoms with van der Waals surface area (Å²) in [7, 11) is 0. The molecule has 5 heteroatoms. The number of rotatable bonds is 0. The van der Waals surface area contributed by atoms with Crippen molar-refractivity contribution in [3.63, 3.8) is 0 Å². The third kappa shape index (κ3) is 2.12. The van der Waals surface area contributed by atoms with Crippen molar-refractivity contribution >= 4 is 39.2 Å². The quantitative estimate of drug-likeness (QED) is 0.436. The van der Waals surface area contributed by atoms with Crippen molar-refractivity contribution in [3.8, 4) is 5.75 Å². The van der Waals surface area contributed by atoms with Gasteiger partial charge in [0.05, 0.1) is 10.1 Å². The second-order valence-electron chi connectivity index (χ2n) is 6.41. The van der Waals surface area contributed by atoms with Crippen molar-refractivity contribution in [1.29, 1.82) is 0 Å². The van der Waals surface area contributed by atoms with Gasteiger partial charge in [0.15, 0.2) is 5.43 Å². The Morgan fingerprint density at radius 2 is 1.76 bits per heavy atom. The molecule has 0 saturated carbocycles. The van der Waals surface area contributed by atoms with Gasteiger partial charge < -0.3 is 4.74 Å². The van der Waals surface area contributed by atoms with E-state index in [0.29, 0.717) is 5.75 Å². The summed E-state index contributed by atoms with van der Waals surface area (Å²) in [6.07, 6.45) is 0. The molecule has 2 aliphatic rings. The zero-order chi connectivity index (χ0) is 17.1. The molecule has 5 rings (SSSR count). The number of carbonyl (C=O) groups is 1. The van der Waals surface area contributed by atoms with Crippen LogP contribution in [0.3, 0.4) is 0 Å². The molecular formula is C20H14O3S2. The van der Waals surface area contributed by atoms with E-state index in [1.54, 1.807) is 23.1 Å². The average molecular weight is 366 g/mol. The minimum absolute atomic E-state index is 0.0447. The first-order valence-corrected chi connectivity index (χ1v) is 9.88. The molecule has 3 heterocycles. The Bertz CT molecular complexity index is 1090. The van der Waals surface area contributed by atoms with Crippen LogP contribution in [0.15, 0.2) is 57.5 Å². The smallest absolute Gasteiger partial charge is 0.316 e. The van der Waals surface area contributed by atoms with Crippen LogP contribution in [-0.4, -0.2) is 11.2 Å². The van der Waals surface area contributed by atoms with E-state index in [-0.39, 0.29) is 28.5 Å². The number of carbonyl (C=O) groups excluding carboxylic acids is 1. The van der Waals surface area contributed by atoms with Crippen LogP contribution in [0.4, 0.5) is 0 Å². The van der Waals surface area contributed by atoms with E-state index in [0.717, 1.165) is 25.4 Å². The van der Waals surface area contributed by atoms with E-state index >= 15 is 0 Å². The molecule has 3 aromatic rings. The van der Waals surface area contributed by atoms with Gasteiger partial charge >= 0.3 is 5.97 Å². The first kappa shape index (κ1) is 15.2. The number of fused-ring (bicyclic) bond motifs is 6. The highest BCUT2D eigenvalue weighted by Crippen LogP contribution is 2.53. The monoisotopic (exact) mass is 366 g/mol. The molecule has 0 unspecified atom stereocenters. The minimum Gasteiger partial charge on any atom is -0.426 e. The molecule has 0 bridgehead atoms. The van der Waals surface area contributed by atoms with Crippen LogP contribution in [0.1, 0.15) is 24.0 Å². The molecule has 0 saturated heterocycles. The van der Waals surface area contributed by atoms with E-state index in [1.807, 2.05) is 55.5 Å². The van der Waals surface area contributed by atoms with Gasteiger partial charge in [0.2, 0.25) is 0 Å². The second kappa shape index (κ2) is 5.44. The molecular weight excluding hydrogens is 352 g/mol. The van der Waals surface area contributed by atoms with Crippen molar-refractivity contribution in [1.82, 2.24) is 0 Å². The lowest BCUT2D eigenvalue weighted by atomic mass is 9.77. The van der Waals surface area contributed by atoms with Crippen LogP contribution < -0.4 is 10.2 Å². The molecule has 1 aromatic heterocycles. The Hall–Kier alpha value is -2.11. The molecule has 0 N–H and O–H groups in total. The fraction of sp³-hybridized carbons (Fsp3) is 0.200. The van der Waals surface area contributed by atoms with E-state index in [4.69, 9.17) is 4.74 Å². The number of ether oxygens (including phenoxy) is 1. The van der Waals surface area contributed by atoms with Gasteiger partial charge in [0.1, 0.15) is 5.75 Å². The number of benzene rings is 2. The molecule has 3 atom stereocenters. The Morgan fingerprint density at radius 1 is 1.00 bits per heavy atom. The topological polar surface area (TPSA) is 43.4 Å². The van der Waals surface area contributed by atoms with Crippen LogP contribution in [0.5, 0.6) is 5.75 Å². The summed E-state index contributed by atoms with van der Waals surface area (Å²) in [4.78, 5) is 25.9. The Labute approximate surface area is 152 Å². The standard InChI is InChI=1S/C20H14O3S2/c1-10-15-16(11-6-2-4-8-13(11)23-19(15)22)17-18(21)12-7-3-5-9-14(12)25-20(17)24-10/h2-10,15-16H,1H3/t10-,15-,16-/m0/s1. The van der Waals surface area contributed by atoms with Gasteiger partial charge in [-0.1, -0.05) is 37.3 Å². The highest BCUT2D eigenvalue weighted by Gasteiger charge is 2.47. The molecule has 0 fully saturated rings. The van der Waals surface area contributed by atoms with Crippen molar-refractivity contribution in [3.05, 3.63) is 69.9 Å². The predicted octanol–water partition coefficient (Wildman–Crippen LogP) is 4.42. The maximum atomic E-state index is 13.3. The van der Waals surface area contributed by atoms with Gasteiger partial charge in [-0.2, -0.15) is 0 Å². The first-order valence-electron chi connectivity index (χ1n) is 8.18. The lowest BCUT2D eigenvalue weighted by Gasteiger charge is -2.39. The zero-order valence-corrected chi connectivity index (χ0v) is 15.0. The lowest BCUT2D eigenvalue weighted by molar-refractivity contribution is -0.140. The summed E-state index contributed by atoms with van der Waals surface area (Å²) in [6, 6.07) is 15.3. The van der Waals surface area contributed by atoms with Crippen LogP contribution >= 0.6 is 23.1 Å². The fourth-order valence-electron chi connectivity index (χ4n) is 3.87. The maximum absolute atomic E-state index is 13.3. The van der Waals surface area contributed by atoms with Gasteiger partial charge in [-0.15, -0.1) is 23.1 Å². The zero-order valence-electron chi connectivity index (χ0n) is 13.4. The van der Waals surface area contributed by atoms with Crippen molar-refractivity contribution in [2.45, 2.75) is 22.3 Å². The summed E-state index contributed by atoms with van der Waals surface area (Å²) in [5.41, 5.74) is 1.75. The third-order valence-electron chi connectivity index (χ3n) is 5.00. The number of hydrogen-bond donors (Lipinski definition) is 0. The van der Waals surface area contributed by atoms with Crippen LogP contribution in [-0.2, 0) is 4.79 Å². The maximum Gasteiger partial charge on any atom is 0.316 e. The predicted molar refractivity (Wildman–Crippen MR) is 101 cm³/mol. The fourth-order valence-corrected chi connectivity index (χ4v) is 6.83. The van der Waals surface area contributed by atoms with Crippen LogP contribution in [0.2, 0.25) is 0 Å². The molecule has 2 aromatic carbocycles. The Morgan fingerprint density at radius 3 is 2.64 bits per heavy atom. The van der Waals surface area contributed by atoms with E-state index in [2.05, 4.69) is 0 Å². The highest BCUT2D eigenvalue weighted by molar-refractivity contribution is 8.01. The lowest BCUT2D eigenvalue weighted by Crippen LogP contribution is -2.41. The van der Waals surface area contributed by atoms with Gasteiger partial charge in [0.25, 0.3) is 0 Å². The summed E-state index contributed by atoms with van der Waals surface area (Å²) in [5.74, 6) is -0.200. The van der Waals surface area contributed by atoms with Crippen molar-refractivity contribution in [2.75, 3.05) is 0 Å². The number of thioether (sulfide) groups is 1. The highest BCUT2D eigenvalue weighted by atomic mass is 32.2. The Kier molecular flexibility index (Phi) is 3.30. The summed E-state index contributed by atoms with van der Waals surface area (Å²) < 4.78 is 7.59. The average Bonchev–Trinajstić information content (AvgIpc) is 2.61. The molecule has 3 nitrogen and oxygen atoms in total. The molecule has 124 valence electrons. The van der Waals surface area contributed by atoms with Crippen LogP contribution in [0, 0.1) is 5.92 Å². The SMILES string of the molecule is C[C@@H]1Sc2sc3ccccc3c(=O)c2[C@H]2c3ccccc3OC(=O)[C@H]21. The van der Waals surface area contributed by atoms with E-state index in [1.165, 1.54) is 0 Å². The van der Waals surface area contributed by atoms with Crippen molar-refractivity contribution < 1.29 is 9.53 Å². The summed E-state index contributed by atoms with van der Waals surface area (Å²) >= 11 is 3.27. The number of hydrogen-bond acceptors (Lipinski definition) is 5. The molecule has 25 heavy (non-hydrogen) atoms. The molecule has 0 radical (unpaired) electrons. The third-order valence-corrected chi connectivity index (χ3v) is 7.62. The summed E-state index contributed by atoms with van der Waals surface area (Å²) in [5, 5.41) is 0.798. The number of para-hydroxylation sites is 1. The first-order chi connectivity index (χ1) is 12.1. The van der Waals surface area contributed by atoms with Gasteiger partial charge in [-0.05, 0) is 18.2 Å². The normalized spacial score (nSPS) is 24.2. The van der Waals surface area contributed by atoms with Gasteiger partial charge in [-0.25, -0.2) is 0 Å².